The van der Waals surface area contributed by atoms with Gasteiger partial charge in [0.1, 0.15) is 0 Å². The zero-order chi connectivity index (χ0) is 15.6. The molecule has 9 heteroatoms. The Bertz CT molecular complexity index is 743. The van der Waals surface area contributed by atoms with Crippen molar-refractivity contribution >= 4 is 45.5 Å². The van der Waals surface area contributed by atoms with Gasteiger partial charge in [-0.05, 0) is 18.2 Å². The topological polar surface area (TPSA) is 110 Å². The third-order valence-electron chi connectivity index (χ3n) is 2.48. The van der Waals surface area contributed by atoms with Gasteiger partial charge in [-0.3, -0.25) is 14.9 Å². The standard InChI is InChI=1S/C12H7ClN2O5S/c13-9-2-1-7(4-8(9)12(17)18)14-11(16)6-3-10(15(19)20)21-5-6/h1-5H,(H,14,16)(H,17,18). The second kappa shape index (κ2) is 5.90. The molecule has 0 fully saturated rings. The summed E-state index contributed by atoms with van der Waals surface area (Å²) < 4.78 is 0. The molecule has 0 radical (unpaired) electrons. The third-order valence-corrected chi connectivity index (χ3v) is 3.69. The van der Waals surface area contributed by atoms with E-state index in [2.05, 4.69) is 5.32 Å². The van der Waals surface area contributed by atoms with Gasteiger partial charge in [-0.25, -0.2) is 4.79 Å². The molecular formula is C12H7ClN2O5S. The average molecular weight is 327 g/mol. The van der Waals surface area contributed by atoms with Crippen molar-refractivity contribution in [2.45, 2.75) is 0 Å². The number of nitro groups is 1. The van der Waals surface area contributed by atoms with Crippen molar-refractivity contribution < 1.29 is 19.6 Å². The molecule has 0 unspecified atom stereocenters. The molecule has 1 heterocycles. The fraction of sp³-hybridized carbons (Fsp3) is 0. The van der Waals surface area contributed by atoms with Crippen LogP contribution in [0, 0.1) is 10.1 Å². The number of carboxylic acids is 1. The Kier molecular flexibility index (Phi) is 4.20. The fourth-order valence-corrected chi connectivity index (χ4v) is 2.41. The minimum atomic E-state index is -1.22. The number of benzene rings is 1. The van der Waals surface area contributed by atoms with Crippen LogP contribution in [0.25, 0.3) is 0 Å². The maximum atomic E-state index is 11.9. The second-order valence-corrected chi connectivity index (χ2v) is 5.18. The number of anilines is 1. The Morgan fingerprint density at radius 2 is 2.05 bits per heavy atom. The molecule has 2 N–H and O–H groups in total. The van der Waals surface area contributed by atoms with Crippen LogP contribution in [0.2, 0.25) is 5.02 Å². The van der Waals surface area contributed by atoms with Gasteiger partial charge in [-0.15, -0.1) is 0 Å². The van der Waals surface area contributed by atoms with Crippen LogP contribution in [0.3, 0.4) is 0 Å². The first kappa shape index (κ1) is 14.9. The summed E-state index contributed by atoms with van der Waals surface area (Å²) in [4.78, 5) is 32.8. The van der Waals surface area contributed by atoms with Crippen LogP contribution in [0.5, 0.6) is 0 Å². The summed E-state index contributed by atoms with van der Waals surface area (Å²) in [7, 11) is 0. The molecule has 7 nitrogen and oxygen atoms in total. The van der Waals surface area contributed by atoms with Crippen LogP contribution in [-0.4, -0.2) is 21.9 Å². The fourth-order valence-electron chi connectivity index (χ4n) is 1.51. The molecular weight excluding hydrogens is 320 g/mol. The van der Waals surface area contributed by atoms with E-state index in [1.807, 2.05) is 0 Å². The number of rotatable bonds is 4. The average Bonchev–Trinajstić information content (AvgIpc) is 2.90. The number of amides is 1. The van der Waals surface area contributed by atoms with Gasteiger partial charge in [0.25, 0.3) is 5.91 Å². The molecule has 108 valence electrons. The minimum Gasteiger partial charge on any atom is -0.478 e. The van der Waals surface area contributed by atoms with Gasteiger partial charge in [0.05, 0.1) is 21.1 Å². The summed E-state index contributed by atoms with van der Waals surface area (Å²) in [5.41, 5.74) is 0.208. The third kappa shape index (κ3) is 3.36. The van der Waals surface area contributed by atoms with Gasteiger partial charge in [0.15, 0.2) is 0 Å². The zero-order valence-corrected chi connectivity index (χ0v) is 11.8. The maximum Gasteiger partial charge on any atom is 0.337 e. The molecule has 0 spiro atoms. The first-order chi connectivity index (χ1) is 9.88. The molecule has 0 aliphatic rings. The number of carbonyl (C=O) groups is 2. The van der Waals surface area contributed by atoms with E-state index in [9.17, 15) is 19.7 Å². The number of halogens is 1. The van der Waals surface area contributed by atoms with Crippen LogP contribution in [-0.2, 0) is 0 Å². The van der Waals surface area contributed by atoms with Crippen LogP contribution in [0.15, 0.2) is 29.6 Å². The molecule has 1 amide bonds. The Balaban J connectivity index is 2.21. The van der Waals surface area contributed by atoms with Crippen LogP contribution in [0.1, 0.15) is 20.7 Å². The van der Waals surface area contributed by atoms with E-state index in [0.717, 1.165) is 17.4 Å². The highest BCUT2D eigenvalue weighted by Gasteiger charge is 2.16. The predicted octanol–water partition coefficient (Wildman–Crippen LogP) is 3.26. The van der Waals surface area contributed by atoms with E-state index in [1.54, 1.807) is 0 Å². The molecule has 2 rings (SSSR count). The number of aromatic carboxylic acids is 1. The molecule has 0 aliphatic heterocycles. The summed E-state index contributed by atoms with van der Waals surface area (Å²) in [6.45, 7) is 0. The van der Waals surface area contributed by atoms with E-state index >= 15 is 0 Å². The van der Waals surface area contributed by atoms with Gasteiger partial charge < -0.3 is 10.4 Å². The van der Waals surface area contributed by atoms with E-state index in [0.29, 0.717) is 0 Å². The lowest BCUT2D eigenvalue weighted by atomic mass is 10.2. The van der Waals surface area contributed by atoms with Crippen LogP contribution in [0.4, 0.5) is 10.7 Å². The smallest absolute Gasteiger partial charge is 0.337 e. The summed E-state index contributed by atoms with van der Waals surface area (Å²) in [5.74, 6) is -1.79. The minimum absolute atomic E-state index is 0.0478. The molecule has 2 aromatic rings. The van der Waals surface area contributed by atoms with Crippen molar-refractivity contribution in [2.75, 3.05) is 5.32 Å². The lowest BCUT2D eigenvalue weighted by Gasteiger charge is -2.06. The highest BCUT2D eigenvalue weighted by atomic mass is 35.5. The number of nitrogens with zero attached hydrogens (tertiary/aromatic N) is 1. The zero-order valence-electron chi connectivity index (χ0n) is 10.2. The highest BCUT2D eigenvalue weighted by Crippen LogP contribution is 2.24. The lowest BCUT2D eigenvalue weighted by Crippen LogP contribution is -2.11. The normalized spacial score (nSPS) is 10.1. The number of hydrogen-bond acceptors (Lipinski definition) is 5. The maximum absolute atomic E-state index is 11.9. The second-order valence-electron chi connectivity index (χ2n) is 3.88. The molecule has 1 aromatic carbocycles. The van der Waals surface area contributed by atoms with Gasteiger partial charge in [0.2, 0.25) is 0 Å². The first-order valence-corrected chi connectivity index (χ1v) is 6.71. The Morgan fingerprint density at radius 3 is 2.62 bits per heavy atom. The van der Waals surface area contributed by atoms with Crippen molar-refractivity contribution in [3.8, 4) is 0 Å². The summed E-state index contributed by atoms with van der Waals surface area (Å²) in [6, 6.07) is 5.14. The van der Waals surface area contributed by atoms with Crippen molar-refractivity contribution in [3.05, 3.63) is 55.9 Å². The first-order valence-electron chi connectivity index (χ1n) is 5.45. The van der Waals surface area contributed by atoms with E-state index in [4.69, 9.17) is 16.7 Å². The molecule has 0 saturated carbocycles. The van der Waals surface area contributed by atoms with Crippen LogP contribution >= 0.6 is 22.9 Å². The van der Waals surface area contributed by atoms with E-state index < -0.39 is 16.8 Å². The molecule has 0 saturated heterocycles. The van der Waals surface area contributed by atoms with Crippen molar-refractivity contribution in [3.63, 3.8) is 0 Å². The number of thiophene rings is 1. The Morgan fingerprint density at radius 1 is 1.33 bits per heavy atom. The van der Waals surface area contributed by atoms with Gasteiger partial charge in [-0.2, -0.15) is 0 Å². The Hall–Kier alpha value is -2.45. The predicted molar refractivity (Wildman–Crippen MR) is 77.3 cm³/mol. The van der Waals surface area contributed by atoms with E-state index in [1.165, 1.54) is 23.6 Å². The summed E-state index contributed by atoms with van der Waals surface area (Å²) in [5, 5.41) is 23.2. The monoisotopic (exact) mass is 326 g/mol. The summed E-state index contributed by atoms with van der Waals surface area (Å²) >= 11 is 6.55. The Labute approximate surface area is 126 Å². The molecule has 0 bridgehead atoms. The van der Waals surface area contributed by atoms with Gasteiger partial charge in [0, 0.05) is 17.1 Å². The molecule has 1 aromatic heterocycles. The van der Waals surface area contributed by atoms with Gasteiger partial charge in [-0.1, -0.05) is 22.9 Å². The van der Waals surface area contributed by atoms with Crippen molar-refractivity contribution in [1.82, 2.24) is 0 Å². The van der Waals surface area contributed by atoms with Crippen molar-refractivity contribution in [2.24, 2.45) is 0 Å². The summed E-state index contributed by atoms with van der Waals surface area (Å²) in [6.07, 6.45) is 0. The van der Waals surface area contributed by atoms with Crippen molar-refractivity contribution in [1.29, 1.82) is 0 Å². The number of hydrogen-bond donors (Lipinski definition) is 2. The highest BCUT2D eigenvalue weighted by molar-refractivity contribution is 7.13. The molecule has 0 aliphatic carbocycles. The lowest BCUT2D eigenvalue weighted by molar-refractivity contribution is -0.380. The number of carboxylic acid groups (broad SMARTS) is 1. The van der Waals surface area contributed by atoms with Crippen LogP contribution < -0.4 is 5.32 Å². The molecule has 0 atom stereocenters. The largest absolute Gasteiger partial charge is 0.478 e. The van der Waals surface area contributed by atoms with E-state index in [-0.39, 0.29) is 26.8 Å². The quantitative estimate of drug-likeness (QED) is 0.662. The SMILES string of the molecule is O=C(Nc1ccc(Cl)c(C(=O)O)c1)c1csc([N+](=O)[O-])c1. The number of nitrogens with one attached hydrogen (secondary N) is 1. The number of carbonyl (C=O) groups excluding carboxylic acids is 1. The molecule has 21 heavy (non-hydrogen) atoms. The van der Waals surface area contributed by atoms with Gasteiger partial charge >= 0.3 is 11.0 Å².